The number of benzene rings is 1. The van der Waals surface area contributed by atoms with E-state index in [9.17, 15) is 5.11 Å². The molecule has 1 N–H and O–H groups in total. The van der Waals surface area contributed by atoms with Crippen molar-refractivity contribution in [1.82, 2.24) is 4.90 Å². The van der Waals surface area contributed by atoms with Gasteiger partial charge in [-0.3, -0.25) is 0 Å². The molecular formula is C16H22ClNO. The smallest absolute Gasteiger partial charge is 0.0920 e. The molecule has 0 aromatic heterocycles. The van der Waals surface area contributed by atoms with Crippen molar-refractivity contribution in [2.24, 2.45) is 0 Å². The van der Waals surface area contributed by atoms with Crippen LogP contribution in [0.25, 0.3) is 0 Å². The summed E-state index contributed by atoms with van der Waals surface area (Å²) in [7, 11) is 0. The molecule has 1 saturated heterocycles. The second-order valence-electron chi connectivity index (χ2n) is 6.01. The Morgan fingerprint density at radius 3 is 2.21 bits per heavy atom. The molecule has 1 aliphatic heterocycles. The number of halogens is 1. The monoisotopic (exact) mass is 279 g/mol. The van der Waals surface area contributed by atoms with E-state index in [2.05, 4.69) is 4.90 Å². The van der Waals surface area contributed by atoms with Gasteiger partial charge in [0.25, 0.3) is 0 Å². The number of rotatable bonds is 2. The van der Waals surface area contributed by atoms with Crippen LogP contribution in [0.4, 0.5) is 0 Å². The summed E-state index contributed by atoms with van der Waals surface area (Å²) >= 11 is 5.92. The number of piperidine rings is 1. The third-order valence-corrected chi connectivity index (χ3v) is 5.10. The molecule has 1 aromatic carbocycles. The molecule has 0 radical (unpaired) electrons. The third-order valence-electron chi connectivity index (χ3n) is 4.85. The minimum atomic E-state index is -0.653. The molecule has 2 fully saturated rings. The predicted octanol–water partition coefficient (Wildman–Crippen LogP) is 3.57. The standard InChI is InChI=1S/C16H22ClNO/c17-14-7-5-13(6-8-14)16(19)9-11-18(12-10-16)15-3-1-2-4-15/h5-8,15,19H,1-4,9-12H2. The lowest BCUT2D eigenvalue weighted by Gasteiger charge is -2.41. The van der Waals surface area contributed by atoms with Crippen LogP contribution in [-0.2, 0) is 5.60 Å². The van der Waals surface area contributed by atoms with E-state index in [4.69, 9.17) is 11.6 Å². The van der Waals surface area contributed by atoms with E-state index in [1.807, 2.05) is 24.3 Å². The van der Waals surface area contributed by atoms with Crippen molar-refractivity contribution < 1.29 is 5.11 Å². The molecule has 0 atom stereocenters. The van der Waals surface area contributed by atoms with Crippen molar-refractivity contribution >= 4 is 11.6 Å². The van der Waals surface area contributed by atoms with Gasteiger partial charge < -0.3 is 10.0 Å². The highest BCUT2D eigenvalue weighted by Gasteiger charge is 2.36. The topological polar surface area (TPSA) is 23.5 Å². The van der Waals surface area contributed by atoms with Crippen molar-refractivity contribution in [3.05, 3.63) is 34.9 Å². The predicted molar refractivity (Wildman–Crippen MR) is 78.4 cm³/mol. The summed E-state index contributed by atoms with van der Waals surface area (Å²) in [6.45, 7) is 2.04. The Labute approximate surface area is 120 Å². The summed E-state index contributed by atoms with van der Waals surface area (Å²) in [5.74, 6) is 0. The molecule has 2 nitrogen and oxygen atoms in total. The van der Waals surface area contributed by atoms with Crippen LogP contribution in [0.3, 0.4) is 0 Å². The molecular weight excluding hydrogens is 258 g/mol. The van der Waals surface area contributed by atoms with Crippen LogP contribution in [0.15, 0.2) is 24.3 Å². The van der Waals surface area contributed by atoms with Gasteiger partial charge in [-0.25, -0.2) is 0 Å². The second kappa shape index (κ2) is 5.43. The van der Waals surface area contributed by atoms with Gasteiger partial charge >= 0.3 is 0 Å². The van der Waals surface area contributed by atoms with E-state index in [0.29, 0.717) is 0 Å². The van der Waals surface area contributed by atoms with E-state index in [1.54, 1.807) is 0 Å². The molecule has 1 saturated carbocycles. The van der Waals surface area contributed by atoms with E-state index >= 15 is 0 Å². The molecule has 0 amide bonds. The van der Waals surface area contributed by atoms with Crippen molar-refractivity contribution in [2.45, 2.75) is 50.2 Å². The zero-order chi connectivity index (χ0) is 13.3. The van der Waals surface area contributed by atoms with Crippen LogP contribution < -0.4 is 0 Å². The fourth-order valence-electron chi connectivity index (χ4n) is 3.58. The van der Waals surface area contributed by atoms with Gasteiger partial charge in [-0.1, -0.05) is 36.6 Å². The van der Waals surface area contributed by atoms with E-state index in [1.165, 1.54) is 25.7 Å². The summed E-state index contributed by atoms with van der Waals surface area (Å²) in [6.07, 6.45) is 7.13. The third kappa shape index (κ3) is 2.81. The highest BCUT2D eigenvalue weighted by Crippen LogP contribution is 2.36. The molecule has 1 aliphatic carbocycles. The van der Waals surface area contributed by atoms with Crippen LogP contribution in [0.2, 0.25) is 5.02 Å². The van der Waals surface area contributed by atoms with Crippen molar-refractivity contribution in [3.63, 3.8) is 0 Å². The summed E-state index contributed by atoms with van der Waals surface area (Å²) in [5, 5.41) is 11.6. The molecule has 0 bridgehead atoms. The first-order valence-electron chi connectivity index (χ1n) is 7.40. The molecule has 0 unspecified atom stereocenters. The lowest BCUT2D eigenvalue weighted by atomic mass is 9.84. The summed E-state index contributed by atoms with van der Waals surface area (Å²) in [6, 6.07) is 8.45. The van der Waals surface area contributed by atoms with Crippen molar-refractivity contribution in [1.29, 1.82) is 0 Å². The van der Waals surface area contributed by atoms with E-state index < -0.39 is 5.60 Å². The number of nitrogens with zero attached hydrogens (tertiary/aromatic N) is 1. The minimum Gasteiger partial charge on any atom is -0.385 e. The number of hydrogen-bond donors (Lipinski definition) is 1. The Morgan fingerprint density at radius 1 is 1.05 bits per heavy atom. The first-order chi connectivity index (χ1) is 9.17. The average Bonchev–Trinajstić information content (AvgIpc) is 2.94. The largest absolute Gasteiger partial charge is 0.385 e. The molecule has 1 aromatic rings. The second-order valence-corrected chi connectivity index (χ2v) is 6.45. The first kappa shape index (κ1) is 13.4. The maximum atomic E-state index is 10.8. The number of hydrogen-bond acceptors (Lipinski definition) is 2. The normalized spacial score (nSPS) is 24.7. The van der Waals surface area contributed by atoms with Crippen LogP contribution in [0, 0.1) is 0 Å². The van der Waals surface area contributed by atoms with Gasteiger partial charge in [0.05, 0.1) is 5.60 Å². The van der Waals surface area contributed by atoms with Gasteiger partial charge in [0.15, 0.2) is 0 Å². The van der Waals surface area contributed by atoms with Crippen molar-refractivity contribution in [3.8, 4) is 0 Å². The Balaban J connectivity index is 1.66. The van der Waals surface area contributed by atoms with Gasteiger partial charge in [-0.15, -0.1) is 0 Å². The minimum absolute atomic E-state index is 0.653. The maximum Gasteiger partial charge on any atom is 0.0920 e. The number of aliphatic hydroxyl groups is 1. The molecule has 19 heavy (non-hydrogen) atoms. The molecule has 3 heteroatoms. The highest BCUT2D eigenvalue weighted by molar-refractivity contribution is 6.30. The first-order valence-corrected chi connectivity index (χ1v) is 7.78. The van der Waals surface area contributed by atoms with Gasteiger partial charge in [0, 0.05) is 24.2 Å². The Kier molecular flexibility index (Phi) is 3.84. The quantitative estimate of drug-likeness (QED) is 0.895. The van der Waals surface area contributed by atoms with Gasteiger partial charge in [-0.05, 0) is 43.4 Å². The van der Waals surface area contributed by atoms with Crippen LogP contribution in [-0.4, -0.2) is 29.1 Å². The lowest BCUT2D eigenvalue weighted by molar-refractivity contribution is -0.0350. The Hall–Kier alpha value is -0.570. The highest BCUT2D eigenvalue weighted by atomic mass is 35.5. The fourth-order valence-corrected chi connectivity index (χ4v) is 3.70. The average molecular weight is 280 g/mol. The van der Waals surface area contributed by atoms with E-state index in [0.717, 1.165) is 42.6 Å². The van der Waals surface area contributed by atoms with Crippen molar-refractivity contribution in [2.75, 3.05) is 13.1 Å². The SMILES string of the molecule is OC1(c2ccc(Cl)cc2)CCN(C2CCCC2)CC1. The Bertz CT molecular complexity index is 417. The van der Waals surface area contributed by atoms with Crippen LogP contribution in [0.1, 0.15) is 44.1 Å². The molecule has 1 heterocycles. The maximum absolute atomic E-state index is 10.8. The molecule has 0 spiro atoms. The summed E-state index contributed by atoms with van der Waals surface area (Å²) in [4.78, 5) is 2.58. The van der Waals surface area contributed by atoms with Gasteiger partial charge in [0.2, 0.25) is 0 Å². The Morgan fingerprint density at radius 2 is 1.63 bits per heavy atom. The molecule has 3 rings (SSSR count). The molecule has 104 valence electrons. The zero-order valence-electron chi connectivity index (χ0n) is 11.3. The zero-order valence-corrected chi connectivity index (χ0v) is 12.1. The summed E-state index contributed by atoms with van der Waals surface area (Å²) in [5.41, 5.74) is 0.364. The fraction of sp³-hybridized carbons (Fsp3) is 0.625. The van der Waals surface area contributed by atoms with Crippen LogP contribution >= 0.6 is 11.6 Å². The number of likely N-dealkylation sites (tertiary alicyclic amines) is 1. The van der Waals surface area contributed by atoms with E-state index in [-0.39, 0.29) is 0 Å². The summed E-state index contributed by atoms with van der Waals surface area (Å²) < 4.78 is 0. The van der Waals surface area contributed by atoms with Gasteiger partial charge in [-0.2, -0.15) is 0 Å². The molecule has 2 aliphatic rings. The van der Waals surface area contributed by atoms with Gasteiger partial charge in [0.1, 0.15) is 0 Å². The lowest BCUT2D eigenvalue weighted by Crippen LogP contribution is -2.46. The van der Waals surface area contributed by atoms with Crippen LogP contribution in [0.5, 0.6) is 0 Å².